The molecule has 0 aliphatic carbocycles. The molecule has 2 heteroatoms. The maximum absolute atomic E-state index is 2.36. The summed E-state index contributed by atoms with van der Waals surface area (Å²) in [4.78, 5) is 0. The van der Waals surface area contributed by atoms with Crippen LogP contribution in [0.3, 0.4) is 0 Å². The summed E-state index contributed by atoms with van der Waals surface area (Å²) in [5.41, 5.74) is 1.46. The molecule has 0 aliphatic heterocycles. The van der Waals surface area contributed by atoms with E-state index in [0.717, 1.165) is 11.0 Å². The molecular formula is C19H35NO. The lowest BCUT2D eigenvalue weighted by Crippen LogP contribution is -2.39. The molecule has 21 heavy (non-hydrogen) atoms. The fourth-order valence-corrected chi connectivity index (χ4v) is 2.83. The van der Waals surface area contributed by atoms with Crippen LogP contribution < -0.4 is 0 Å². The molecule has 0 bridgehead atoms. The second-order valence-electron chi connectivity index (χ2n) is 6.78. The predicted molar refractivity (Wildman–Crippen MR) is 91.7 cm³/mol. The standard InChI is InChI=1S/C19H34N.H2O/c1-4-5-6-7-8-9-10-14-17-20(2,3)18-19-15-12-11-13-16-19;/h11-13,15-16H,4-10,14,17-18H2,1-3H3;1H2/q+1;/p-1. The Labute approximate surface area is 132 Å². The third-order valence-corrected chi connectivity index (χ3v) is 4.07. The van der Waals surface area contributed by atoms with Gasteiger partial charge in [-0.05, 0) is 12.8 Å². The smallest absolute Gasteiger partial charge is 0.104 e. The first-order valence-electron chi connectivity index (χ1n) is 8.50. The molecule has 0 amide bonds. The lowest BCUT2D eigenvalue weighted by Gasteiger charge is -2.30. The van der Waals surface area contributed by atoms with Crippen LogP contribution in [-0.4, -0.2) is 30.6 Å². The first-order chi connectivity index (χ1) is 9.64. The number of unbranched alkanes of at least 4 members (excludes halogenated alkanes) is 7. The van der Waals surface area contributed by atoms with Crippen molar-refractivity contribution in [3.05, 3.63) is 35.9 Å². The molecule has 1 N–H and O–H groups in total. The molecule has 0 saturated heterocycles. The van der Waals surface area contributed by atoms with Crippen LogP contribution >= 0.6 is 0 Å². The van der Waals surface area contributed by atoms with Crippen molar-refractivity contribution in [3.63, 3.8) is 0 Å². The molecule has 0 radical (unpaired) electrons. The van der Waals surface area contributed by atoms with Gasteiger partial charge in [-0.1, -0.05) is 75.8 Å². The Hall–Kier alpha value is -0.860. The van der Waals surface area contributed by atoms with Gasteiger partial charge in [0, 0.05) is 5.56 Å². The molecule has 2 nitrogen and oxygen atoms in total. The summed E-state index contributed by atoms with van der Waals surface area (Å²) in [7, 11) is 4.71. The van der Waals surface area contributed by atoms with Gasteiger partial charge in [-0.15, -0.1) is 0 Å². The number of nitrogens with zero attached hydrogens (tertiary/aromatic N) is 1. The van der Waals surface area contributed by atoms with E-state index in [2.05, 4.69) is 51.4 Å². The molecule has 0 aromatic heterocycles. The molecule has 0 fully saturated rings. The molecule has 1 rings (SSSR count). The topological polar surface area (TPSA) is 30.0 Å². The zero-order chi connectivity index (χ0) is 14.7. The second-order valence-corrected chi connectivity index (χ2v) is 6.78. The summed E-state index contributed by atoms with van der Waals surface area (Å²) >= 11 is 0. The zero-order valence-corrected chi connectivity index (χ0v) is 14.4. The van der Waals surface area contributed by atoms with Gasteiger partial charge in [0.05, 0.1) is 20.6 Å². The van der Waals surface area contributed by atoms with Gasteiger partial charge in [0.1, 0.15) is 6.54 Å². The molecule has 0 atom stereocenters. The Morgan fingerprint density at radius 1 is 0.762 bits per heavy atom. The van der Waals surface area contributed by atoms with Gasteiger partial charge in [0.15, 0.2) is 0 Å². The third-order valence-electron chi connectivity index (χ3n) is 4.07. The fraction of sp³-hybridized carbons (Fsp3) is 0.684. The largest absolute Gasteiger partial charge is 0.870 e. The Bertz CT molecular complexity index is 335. The molecule has 0 aliphatic rings. The zero-order valence-electron chi connectivity index (χ0n) is 14.4. The monoisotopic (exact) mass is 293 g/mol. The van der Waals surface area contributed by atoms with E-state index >= 15 is 0 Å². The van der Waals surface area contributed by atoms with Crippen molar-refractivity contribution < 1.29 is 9.96 Å². The average Bonchev–Trinajstić information content (AvgIpc) is 2.42. The summed E-state index contributed by atoms with van der Waals surface area (Å²) in [6, 6.07) is 10.9. The minimum atomic E-state index is 0. The minimum absolute atomic E-state index is 0. The molecular weight excluding hydrogens is 258 g/mol. The van der Waals surface area contributed by atoms with Crippen LogP contribution in [-0.2, 0) is 6.54 Å². The van der Waals surface area contributed by atoms with Gasteiger partial charge in [0.2, 0.25) is 0 Å². The van der Waals surface area contributed by atoms with Crippen molar-refractivity contribution in [2.75, 3.05) is 20.6 Å². The third kappa shape index (κ3) is 10.5. The SMILES string of the molecule is CCCCCCCCCC[N+](C)(C)Cc1ccccc1.[OH-]. The van der Waals surface area contributed by atoms with Crippen molar-refractivity contribution in [1.82, 2.24) is 0 Å². The van der Waals surface area contributed by atoms with E-state index in [0.29, 0.717) is 0 Å². The Kier molecular flexibility index (Phi) is 11.3. The Morgan fingerprint density at radius 3 is 1.86 bits per heavy atom. The van der Waals surface area contributed by atoms with Gasteiger partial charge in [-0.2, -0.15) is 0 Å². The van der Waals surface area contributed by atoms with Crippen molar-refractivity contribution >= 4 is 0 Å². The van der Waals surface area contributed by atoms with E-state index in [1.54, 1.807) is 0 Å². The summed E-state index contributed by atoms with van der Waals surface area (Å²) in [5.74, 6) is 0. The van der Waals surface area contributed by atoms with Gasteiger partial charge in [0.25, 0.3) is 0 Å². The highest BCUT2D eigenvalue weighted by atomic mass is 16.0. The summed E-state index contributed by atoms with van der Waals surface area (Å²) in [6.07, 6.45) is 11.3. The first-order valence-corrected chi connectivity index (χ1v) is 8.50. The summed E-state index contributed by atoms with van der Waals surface area (Å²) < 4.78 is 1.11. The van der Waals surface area contributed by atoms with Crippen LogP contribution in [0.15, 0.2) is 30.3 Å². The highest BCUT2D eigenvalue weighted by molar-refractivity contribution is 5.13. The van der Waals surface area contributed by atoms with Crippen LogP contribution in [0.2, 0.25) is 0 Å². The maximum atomic E-state index is 2.36. The maximum Gasteiger partial charge on any atom is 0.104 e. The van der Waals surface area contributed by atoms with Crippen LogP contribution in [0, 0.1) is 0 Å². The van der Waals surface area contributed by atoms with Crippen molar-refractivity contribution in [2.45, 2.75) is 64.8 Å². The van der Waals surface area contributed by atoms with E-state index in [9.17, 15) is 0 Å². The normalized spacial score (nSPS) is 11.2. The van der Waals surface area contributed by atoms with Crippen LogP contribution in [0.4, 0.5) is 0 Å². The quantitative estimate of drug-likeness (QED) is 0.406. The Morgan fingerprint density at radius 2 is 1.29 bits per heavy atom. The van der Waals surface area contributed by atoms with E-state index in [1.165, 1.54) is 63.5 Å². The number of quaternary nitrogens is 1. The molecule has 0 spiro atoms. The van der Waals surface area contributed by atoms with Gasteiger partial charge in [-0.25, -0.2) is 0 Å². The molecule has 1 aromatic rings. The lowest BCUT2D eigenvalue weighted by molar-refractivity contribution is -0.903. The highest BCUT2D eigenvalue weighted by Crippen LogP contribution is 2.13. The van der Waals surface area contributed by atoms with Crippen molar-refractivity contribution in [2.24, 2.45) is 0 Å². The number of rotatable bonds is 11. The molecule has 122 valence electrons. The van der Waals surface area contributed by atoms with Crippen molar-refractivity contribution in [1.29, 1.82) is 0 Å². The number of hydrogen-bond donors (Lipinski definition) is 0. The molecule has 0 saturated carbocycles. The van der Waals surface area contributed by atoms with E-state index in [-0.39, 0.29) is 5.48 Å². The molecule has 1 aromatic carbocycles. The van der Waals surface area contributed by atoms with Gasteiger partial charge in [-0.3, -0.25) is 0 Å². The predicted octanol–water partition coefficient (Wildman–Crippen LogP) is 5.23. The minimum Gasteiger partial charge on any atom is -0.870 e. The second kappa shape index (κ2) is 11.8. The lowest BCUT2D eigenvalue weighted by atomic mass is 10.1. The average molecular weight is 293 g/mol. The first kappa shape index (κ1) is 20.1. The Balaban J connectivity index is 0.00000400. The van der Waals surface area contributed by atoms with Crippen LogP contribution in [0.25, 0.3) is 0 Å². The fourth-order valence-electron chi connectivity index (χ4n) is 2.83. The highest BCUT2D eigenvalue weighted by Gasteiger charge is 2.14. The number of benzene rings is 1. The molecule has 0 heterocycles. The number of hydrogen-bond acceptors (Lipinski definition) is 1. The molecule has 0 unspecified atom stereocenters. The van der Waals surface area contributed by atoms with Gasteiger partial charge < -0.3 is 9.96 Å². The van der Waals surface area contributed by atoms with Crippen LogP contribution in [0.5, 0.6) is 0 Å². The summed E-state index contributed by atoms with van der Waals surface area (Å²) in [5, 5.41) is 0. The van der Waals surface area contributed by atoms with E-state index in [4.69, 9.17) is 0 Å². The summed E-state index contributed by atoms with van der Waals surface area (Å²) in [6.45, 7) is 4.73. The van der Waals surface area contributed by atoms with Crippen molar-refractivity contribution in [3.8, 4) is 0 Å². The van der Waals surface area contributed by atoms with Crippen LogP contribution in [0.1, 0.15) is 63.9 Å². The van der Waals surface area contributed by atoms with E-state index in [1.807, 2.05) is 0 Å². The van der Waals surface area contributed by atoms with Gasteiger partial charge >= 0.3 is 0 Å². The van der Waals surface area contributed by atoms with E-state index < -0.39 is 0 Å².